The van der Waals surface area contributed by atoms with Gasteiger partial charge in [-0.25, -0.2) is 0 Å². The molecule has 0 aliphatic carbocycles. The minimum Gasteiger partial charge on any atom is -0.409 e. The number of hydrogen-bond donors (Lipinski definition) is 3. The maximum Gasteiger partial charge on any atom is 0.234 e. The Bertz CT molecular complexity index is 405. The summed E-state index contributed by atoms with van der Waals surface area (Å²) in [4.78, 5) is 12.8. The van der Waals surface area contributed by atoms with Crippen LogP contribution in [0.25, 0.3) is 0 Å². The van der Waals surface area contributed by atoms with E-state index in [0.29, 0.717) is 12.8 Å². The minimum atomic E-state index is -0.903. The third-order valence-corrected chi connectivity index (χ3v) is 4.81. The molecule has 1 amide bonds. The molecule has 2 aliphatic heterocycles. The second kappa shape index (κ2) is 6.64. The zero-order chi connectivity index (χ0) is 15.5. The molecular weight excluding hydrogens is 270 g/mol. The van der Waals surface area contributed by atoms with Crippen LogP contribution in [0.1, 0.15) is 58.8 Å². The molecule has 2 heterocycles. The number of carbonyl (C=O) groups is 1. The first-order valence-electron chi connectivity index (χ1n) is 8.01. The van der Waals surface area contributed by atoms with Gasteiger partial charge in [-0.1, -0.05) is 31.8 Å². The average Bonchev–Trinajstić information content (AvgIpc) is 3.08. The molecule has 6 heteroatoms. The first kappa shape index (κ1) is 16.1. The van der Waals surface area contributed by atoms with E-state index in [0.717, 1.165) is 32.1 Å². The smallest absolute Gasteiger partial charge is 0.234 e. The van der Waals surface area contributed by atoms with E-state index in [2.05, 4.69) is 10.5 Å². The number of nitrogens with one attached hydrogen (secondary N) is 1. The van der Waals surface area contributed by atoms with E-state index >= 15 is 0 Å². The fraction of sp³-hybridized carbons (Fsp3) is 0.867. The summed E-state index contributed by atoms with van der Waals surface area (Å²) in [5.41, 5.74) is 4.98. The molecule has 2 bridgehead atoms. The standard InChI is InChI=1S/C15H27N3O3/c1-3-7-15(8-4-2,13(16)18-20)14(19)17-11-9-10-5-6-12(11)21-10/h10-12,20H,3-9H2,1-2H3,(H2,16,18)(H,17,19). The lowest BCUT2D eigenvalue weighted by Gasteiger charge is -2.33. The van der Waals surface area contributed by atoms with Crippen molar-refractivity contribution in [3.05, 3.63) is 0 Å². The second-order valence-electron chi connectivity index (χ2n) is 6.26. The van der Waals surface area contributed by atoms with Crippen molar-refractivity contribution in [1.82, 2.24) is 5.32 Å². The normalized spacial score (nSPS) is 28.9. The van der Waals surface area contributed by atoms with Gasteiger partial charge in [-0.05, 0) is 32.1 Å². The molecule has 0 radical (unpaired) electrons. The maximum atomic E-state index is 12.8. The van der Waals surface area contributed by atoms with Crippen LogP contribution in [-0.2, 0) is 9.53 Å². The van der Waals surface area contributed by atoms with E-state index in [-0.39, 0.29) is 30.0 Å². The van der Waals surface area contributed by atoms with Crippen molar-refractivity contribution in [3.8, 4) is 0 Å². The van der Waals surface area contributed by atoms with Gasteiger partial charge in [0.15, 0.2) is 5.84 Å². The van der Waals surface area contributed by atoms with E-state index in [4.69, 9.17) is 15.7 Å². The van der Waals surface area contributed by atoms with Gasteiger partial charge in [0, 0.05) is 0 Å². The summed E-state index contributed by atoms with van der Waals surface area (Å²) < 4.78 is 5.78. The molecule has 2 aliphatic rings. The van der Waals surface area contributed by atoms with Crippen LogP contribution in [0.4, 0.5) is 0 Å². The fourth-order valence-electron chi connectivity index (χ4n) is 3.77. The second-order valence-corrected chi connectivity index (χ2v) is 6.26. The van der Waals surface area contributed by atoms with Crippen molar-refractivity contribution in [1.29, 1.82) is 0 Å². The van der Waals surface area contributed by atoms with Gasteiger partial charge in [-0.3, -0.25) is 4.79 Å². The predicted octanol–water partition coefficient (Wildman–Crippen LogP) is 1.76. The van der Waals surface area contributed by atoms with E-state index in [1.165, 1.54) is 0 Å². The predicted molar refractivity (Wildman–Crippen MR) is 80.1 cm³/mol. The number of carbonyl (C=O) groups excluding carboxylic acids is 1. The molecule has 3 atom stereocenters. The molecule has 0 aromatic rings. The molecule has 2 rings (SSSR count). The highest BCUT2D eigenvalue weighted by molar-refractivity contribution is 6.06. The Labute approximate surface area is 126 Å². The highest BCUT2D eigenvalue weighted by atomic mass is 16.5. The van der Waals surface area contributed by atoms with Gasteiger partial charge in [-0.15, -0.1) is 0 Å². The highest BCUT2D eigenvalue weighted by Crippen LogP contribution is 2.36. The lowest BCUT2D eigenvalue weighted by molar-refractivity contribution is -0.129. The number of amides is 1. The molecule has 120 valence electrons. The number of rotatable bonds is 7. The number of nitrogens with zero attached hydrogens (tertiary/aromatic N) is 1. The maximum absolute atomic E-state index is 12.8. The summed E-state index contributed by atoms with van der Waals surface area (Å²) in [6.07, 6.45) is 6.17. The highest BCUT2D eigenvalue weighted by Gasteiger charge is 2.46. The average molecular weight is 297 g/mol. The Kier molecular flexibility index (Phi) is 5.08. The summed E-state index contributed by atoms with van der Waals surface area (Å²) >= 11 is 0. The van der Waals surface area contributed by atoms with Crippen LogP contribution in [-0.4, -0.2) is 35.2 Å². The van der Waals surface area contributed by atoms with Gasteiger partial charge >= 0.3 is 0 Å². The lowest BCUT2D eigenvalue weighted by Crippen LogP contribution is -2.54. The largest absolute Gasteiger partial charge is 0.409 e. The Balaban J connectivity index is 2.13. The zero-order valence-corrected chi connectivity index (χ0v) is 13.0. The summed E-state index contributed by atoms with van der Waals surface area (Å²) in [7, 11) is 0. The van der Waals surface area contributed by atoms with E-state index in [9.17, 15) is 4.79 Å². The summed E-state index contributed by atoms with van der Waals surface area (Å²) in [5.74, 6) is -0.101. The van der Waals surface area contributed by atoms with E-state index < -0.39 is 5.41 Å². The van der Waals surface area contributed by atoms with Crippen molar-refractivity contribution in [2.75, 3.05) is 0 Å². The van der Waals surface area contributed by atoms with Crippen molar-refractivity contribution < 1.29 is 14.7 Å². The first-order valence-corrected chi connectivity index (χ1v) is 8.01. The Morgan fingerprint density at radius 1 is 1.38 bits per heavy atom. The summed E-state index contributed by atoms with van der Waals surface area (Å²) in [6.45, 7) is 4.01. The molecule has 6 nitrogen and oxygen atoms in total. The van der Waals surface area contributed by atoms with Crippen LogP contribution in [0.5, 0.6) is 0 Å². The molecule has 0 spiro atoms. The summed E-state index contributed by atoms with van der Waals surface area (Å²) in [6, 6.07) is 0.0656. The van der Waals surface area contributed by atoms with E-state index in [1.54, 1.807) is 0 Å². The zero-order valence-electron chi connectivity index (χ0n) is 13.0. The topological polar surface area (TPSA) is 96.9 Å². The summed E-state index contributed by atoms with van der Waals surface area (Å²) in [5, 5.41) is 15.3. The Morgan fingerprint density at radius 3 is 2.48 bits per heavy atom. The molecule has 0 aromatic heterocycles. The van der Waals surface area contributed by atoms with Crippen LogP contribution in [0, 0.1) is 5.41 Å². The molecule has 0 saturated carbocycles. The van der Waals surface area contributed by atoms with Gasteiger partial charge < -0.3 is 21.0 Å². The van der Waals surface area contributed by atoms with E-state index in [1.807, 2.05) is 13.8 Å². The third-order valence-electron chi connectivity index (χ3n) is 4.81. The van der Waals surface area contributed by atoms with Gasteiger partial charge in [-0.2, -0.15) is 0 Å². The van der Waals surface area contributed by atoms with Crippen LogP contribution in [0.15, 0.2) is 5.16 Å². The van der Waals surface area contributed by atoms with Crippen LogP contribution < -0.4 is 11.1 Å². The molecule has 4 N–H and O–H groups in total. The first-order chi connectivity index (χ1) is 10.1. The Hall–Kier alpha value is -1.30. The molecular formula is C15H27N3O3. The van der Waals surface area contributed by atoms with Gasteiger partial charge in [0.05, 0.1) is 18.2 Å². The number of hydrogen-bond acceptors (Lipinski definition) is 4. The van der Waals surface area contributed by atoms with Gasteiger partial charge in [0.1, 0.15) is 5.41 Å². The van der Waals surface area contributed by atoms with Crippen molar-refractivity contribution in [2.45, 2.75) is 77.0 Å². The number of amidine groups is 1. The molecule has 3 unspecified atom stereocenters. The number of oxime groups is 1. The van der Waals surface area contributed by atoms with Gasteiger partial charge in [0.2, 0.25) is 5.91 Å². The van der Waals surface area contributed by atoms with Crippen LogP contribution >= 0.6 is 0 Å². The number of ether oxygens (including phenoxy) is 1. The molecule has 0 aromatic carbocycles. The lowest BCUT2D eigenvalue weighted by atomic mass is 9.76. The van der Waals surface area contributed by atoms with Crippen molar-refractivity contribution in [3.63, 3.8) is 0 Å². The molecule has 2 saturated heterocycles. The minimum absolute atomic E-state index is 0.0211. The van der Waals surface area contributed by atoms with Crippen molar-refractivity contribution >= 4 is 11.7 Å². The number of nitrogens with two attached hydrogens (primary N) is 1. The SMILES string of the molecule is CCCC(CCC)(C(=O)NC1CC2CCC1O2)C(N)=NO. The van der Waals surface area contributed by atoms with Gasteiger partial charge in [0.25, 0.3) is 0 Å². The number of fused-ring (bicyclic) bond motifs is 2. The van der Waals surface area contributed by atoms with Crippen LogP contribution in [0.2, 0.25) is 0 Å². The van der Waals surface area contributed by atoms with Crippen LogP contribution in [0.3, 0.4) is 0 Å². The molecule has 21 heavy (non-hydrogen) atoms. The molecule has 2 fully saturated rings. The third kappa shape index (κ3) is 3.00. The fourth-order valence-corrected chi connectivity index (χ4v) is 3.77. The quantitative estimate of drug-likeness (QED) is 0.289. The monoisotopic (exact) mass is 297 g/mol. The van der Waals surface area contributed by atoms with Crippen molar-refractivity contribution in [2.24, 2.45) is 16.3 Å². The Morgan fingerprint density at radius 2 is 2.05 bits per heavy atom.